The van der Waals surface area contributed by atoms with E-state index in [1.54, 1.807) is 18.2 Å². The number of carboxylic acid groups (broad SMARTS) is 1. The molecule has 1 unspecified atom stereocenters. The minimum atomic E-state index is -4.95. The Kier molecular flexibility index (Phi) is 6.07. The minimum absolute atomic E-state index is 0.0230. The molecule has 2 aliphatic rings. The summed E-state index contributed by atoms with van der Waals surface area (Å²) in [5.41, 5.74) is -0.863. The zero-order valence-electron chi connectivity index (χ0n) is 17.7. The van der Waals surface area contributed by atoms with Gasteiger partial charge in [-0.05, 0) is 42.0 Å². The van der Waals surface area contributed by atoms with E-state index >= 15 is 0 Å². The Bertz CT molecular complexity index is 1240. The van der Waals surface area contributed by atoms with Crippen molar-refractivity contribution in [3.05, 3.63) is 58.6 Å². The molecule has 35 heavy (non-hydrogen) atoms. The molecule has 1 atom stereocenters. The number of hydrazone groups is 1. The van der Waals surface area contributed by atoms with E-state index in [1.165, 1.54) is 0 Å². The number of fused-ring (bicyclic) bond motifs is 3. The molecule has 0 saturated carbocycles. The van der Waals surface area contributed by atoms with Gasteiger partial charge in [-0.1, -0.05) is 17.7 Å². The maximum absolute atomic E-state index is 13.1. The van der Waals surface area contributed by atoms with Gasteiger partial charge >= 0.3 is 24.5 Å². The number of anilines is 1. The molecule has 1 aliphatic carbocycles. The van der Waals surface area contributed by atoms with Crippen LogP contribution in [-0.4, -0.2) is 59.7 Å². The van der Waals surface area contributed by atoms with Crippen LogP contribution in [-0.2, 0) is 20.7 Å². The topological polar surface area (TPSA) is 118 Å². The molecule has 184 valence electrons. The van der Waals surface area contributed by atoms with Crippen molar-refractivity contribution in [3.8, 4) is 5.75 Å². The Morgan fingerprint density at radius 3 is 2.49 bits per heavy atom. The molecular formula is C21H15ClF3N3O7. The first-order valence-corrected chi connectivity index (χ1v) is 10.1. The fourth-order valence-corrected chi connectivity index (χ4v) is 3.98. The fraction of sp³-hybridized carbons (Fsp3) is 0.238. The molecule has 0 bridgehead atoms. The Hall–Kier alpha value is -3.84. The Morgan fingerprint density at radius 1 is 1.20 bits per heavy atom. The maximum atomic E-state index is 13.1. The third kappa shape index (κ3) is 4.47. The second-order valence-corrected chi connectivity index (χ2v) is 7.80. The monoisotopic (exact) mass is 513 g/mol. The summed E-state index contributed by atoms with van der Waals surface area (Å²) in [5, 5.41) is 14.9. The molecule has 1 N–H and O–H groups in total. The largest absolute Gasteiger partial charge is 0.573 e. The highest BCUT2D eigenvalue weighted by Gasteiger charge is 2.55. The van der Waals surface area contributed by atoms with Crippen LogP contribution in [0.15, 0.2) is 47.6 Å². The Balaban J connectivity index is 1.69. The van der Waals surface area contributed by atoms with Crippen LogP contribution >= 0.6 is 11.6 Å². The number of benzene rings is 2. The number of alkyl halides is 3. The lowest BCUT2D eigenvalue weighted by Crippen LogP contribution is -2.56. The summed E-state index contributed by atoms with van der Waals surface area (Å²) in [6.45, 7) is -0.613. The number of halogens is 4. The molecule has 2 aromatic rings. The predicted molar refractivity (Wildman–Crippen MR) is 113 cm³/mol. The van der Waals surface area contributed by atoms with Crippen LogP contribution in [0.5, 0.6) is 5.75 Å². The standard InChI is InChI=1S/C21H15ClF3N3O7/c1-33-17(29)20-9-11-8-12(22)2-7-15(11)16(20)26-27(10-34-20)18(30)28(19(31)32)13-3-5-14(6-4-13)35-21(23,24)25/h2-8H,9-10H2,1H3,(H,31,32). The van der Waals surface area contributed by atoms with Crippen molar-refractivity contribution in [2.75, 3.05) is 18.7 Å². The number of esters is 1. The summed E-state index contributed by atoms with van der Waals surface area (Å²) in [7, 11) is 1.16. The van der Waals surface area contributed by atoms with Crippen molar-refractivity contribution in [3.63, 3.8) is 0 Å². The number of hydrogen-bond acceptors (Lipinski definition) is 7. The molecule has 0 saturated heterocycles. The quantitative estimate of drug-likeness (QED) is 0.616. The molecular weight excluding hydrogens is 499 g/mol. The second-order valence-electron chi connectivity index (χ2n) is 7.36. The molecule has 2 aromatic carbocycles. The molecule has 3 amide bonds. The van der Waals surface area contributed by atoms with Crippen LogP contribution in [0.3, 0.4) is 0 Å². The number of rotatable bonds is 3. The summed E-state index contributed by atoms with van der Waals surface area (Å²) >= 11 is 6.04. The van der Waals surface area contributed by atoms with Gasteiger partial charge in [0.05, 0.1) is 12.8 Å². The van der Waals surface area contributed by atoms with Crippen LogP contribution in [0.1, 0.15) is 11.1 Å². The van der Waals surface area contributed by atoms with Gasteiger partial charge in [0.15, 0.2) is 0 Å². The van der Waals surface area contributed by atoms with E-state index in [2.05, 4.69) is 9.84 Å². The van der Waals surface area contributed by atoms with Gasteiger partial charge in [0, 0.05) is 17.0 Å². The second kappa shape index (κ2) is 8.74. The first kappa shape index (κ1) is 24.3. The normalized spacial score (nSPS) is 18.8. The lowest BCUT2D eigenvalue weighted by molar-refractivity contribution is -0.274. The Labute approximate surface area is 200 Å². The van der Waals surface area contributed by atoms with Crippen LogP contribution in [0.4, 0.5) is 28.4 Å². The van der Waals surface area contributed by atoms with Crippen molar-refractivity contribution >= 4 is 41.1 Å². The number of carbonyl (C=O) groups is 3. The van der Waals surface area contributed by atoms with Crippen molar-refractivity contribution in [1.82, 2.24) is 5.01 Å². The van der Waals surface area contributed by atoms with Crippen molar-refractivity contribution in [1.29, 1.82) is 0 Å². The van der Waals surface area contributed by atoms with E-state index in [1.807, 2.05) is 0 Å². The molecule has 0 fully saturated rings. The highest BCUT2D eigenvalue weighted by atomic mass is 35.5. The molecule has 14 heteroatoms. The van der Waals surface area contributed by atoms with Crippen LogP contribution in [0.25, 0.3) is 0 Å². The number of methoxy groups -OCH3 is 1. The van der Waals surface area contributed by atoms with Crippen molar-refractivity contribution in [2.24, 2.45) is 5.10 Å². The van der Waals surface area contributed by atoms with Crippen molar-refractivity contribution in [2.45, 2.75) is 18.4 Å². The summed E-state index contributed by atoms with van der Waals surface area (Å²) in [6.07, 6.45) is -6.65. The third-order valence-electron chi connectivity index (χ3n) is 5.25. The minimum Gasteiger partial charge on any atom is -0.467 e. The summed E-state index contributed by atoms with van der Waals surface area (Å²) < 4.78 is 51.5. The molecule has 1 aliphatic heterocycles. The van der Waals surface area contributed by atoms with E-state index in [0.717, 1.165) is 31.4 Å². The lowest BCUT2D eigenvalue weighted by atomic mass is 9.97. The Morgan fingerprint density at radius 2 is 1.89 bits per heavy atom. The highest BCUT2D eigenvalue weighted by molar-refractivity contribution is 6.31. The molecule has 1 heterocycles. The predicted octanol–water partition coefficient (Wildman–Crippen LogP) is 4.00. The van der Waals surface area contributed by atoms with E-state index in [4.69, 9.17) is 21.1 Å². The van der Waals surface area contributed by atoms with Crippen molar-refractivity contribution < 1.29 is 46.9 Å². The number of hydrogen-bond donors (Lipinski definition) is 1. The molecule has 0 aromatic heterocycles. The first-order chi connectivity index (χ1) is 16.4. The SMILES string of the molecule is COC(=O)C12Cc3cc(Cl)ccc3C1=NN(C(=O)N(C(=O)O)c1ccc(OC(F)(F)F)cc1)CO2. The van der Waals surface area contributed by atoms with Gasteiger partial charge < -0.3 is 19.3 Å². The molecule has 4 rings (SSSR count). The van der Waals surface area contributed by atoms with E-state index in [-0.39, 0.29) is 22.7 Å². The zero-order chi connectivity index (χ0) is 25.5. The van der Waals surface area contributed by atoms with Gasteiger partial charge in [-0.25, -0.2) is 14.4 Å². The summed E-state index contributed by atoms with van der Waals surface area (Å²) in [6, 6.07) is 7.14. The van der Waals surface area contributed by atoms with Crippen LogP contribution in [0, 0.1) is 0 Å². The average Bonchev–Trinajstić information content (AvgIpc) is 3.12. The number of carbonyl (C=O) groups excluding carboxylic acids is 2. The van der Waals surface area contributed by atoms with Gasteiger partial charge in [0.25, 0.3) is 0 Å². The van der Waals surface area contributed by atoms with E-state index in [0.29, 0.717) is 21.2 Å². The number of nitrogens with zero attached hydrogens (tertiary/aromatic N) is 3. The summed E-state index contributed by atoms with van der Waals surface area (Å²) in [4.78, 5) is 37.8. The number of urea groups is 1. The highest BCUT2D eigenvalue weighted by Crippen LogP contribution is 2.39. The molecule has 10 nitrogen and oxygen atoms in total. The third-order valence-corrected chi connectivity index (χ3v) is 5.48. The van der Waals surface area contributed by atoms with Crippen LogP contribution in [0.2, 0.25) is 5.02 Å². The van der Waals surface area contributed by atoms with Crippen LogP contribution < -0.4 is 9.64 Å². The van der Waals surface area contributed by atoms with Gasteiger partial charge in [-0.15, -0.1) is 13.2 Å². The van der Waals surface area contributed by atoms with Gasteiger partial charge in [0.1, 0.15) is 18.2 Å². The van der Waals surface area contributed by atoms with E-state index < -0.39 is 42.5 Å². The van der Waals surface area contributed by atoms with E-state index in [9.17, 15) is 32.7 Å². The molecule has 0 spiro atoms. The van der Waals surface area contributed by atoms with Gasteiger partial charge in [-0.3, -0.25) is 0 Å². The number of amides is 3. The fourth-order valence-electron chi connectivity index (χ4n) is 3.79. The summed E-state index contributed by atoms with van der Waals surface area (Å²) in [5.74, 6) is -1.38. The zero-order valence-corrected chi connectivity index (χ0v) is 18.5. The number of ether oxygens (including phenoxy) is 3. The van der Waals surface area contributed by atoms with Gasteiger partial charge in [0.2, 0.25) is 5.60 Å². The smallest absolute Gasteiger partial charge is 0.467 e. The molecule has 0 radical (unpaired) electrons. The first-order valence-electron chi connectivity index (χ1n) is 9.76. The number of imide groups is 1. The maximum Gasteiger partial charge on any atom is 0.573 e. The average molecular weight is 514 g/mol. The lowest BCUT2D eigenvalue weighted by Gasteiger charge is -2.35. The van der Waals surface area contributed by atoms with Gasteiger partial charge in [-0.2, -0.15) is 15.0 Å².